The van der Waals surface area contributed by atoms with Crippen molar-refractivity contribution in [2.45, 2.75) is 57.5 Å². The molecule has 0 fully saturated rings. The number of nitrogens with zero attached hydrogens (tertiary/aromatic N) is 1. The van der Waals surface area contributed by atoms with Gasteiger partial charge in [-0.05, 0) is 63.5 Å². The van der Waals surface area contributed by atoms with Crippen LogP contribution in [0.2, 0.25) is 0 Å². The van der Waals surface area contributed by atoms with Gasteiger partial charge in [0.25, 0.3) is 0 Å². The molecule has 0 spiro atoms. The SMILES string of the molecule is NCCCCCCNCCCCCCNc1ccnc2cc(C(F)(F)F)ccc12. The molecule has 2 rings (SSSR count). The molecule has 0 saturated heterocycles. The maximum atomic E-state index is 12.8. The van der Waals surface area contributed by atoms with Gasteiger partial charge in [0.15, 0.2) is 0 Å². The lowest BCUT2D eigenvalue weighted by Crippen LogP contribution is -2.16. The molecule has 0 radical (unpaired) electrons. The van der Waals surface area contributed by atoms with Gasteiger partial charge in [0.1, 0.15) is 0 Å². The first-order valence-corrected chi connectivity index (χ1v) is 10.6. The number of anilines is 1. The van der Waals surface area contributed by atoms with Gasteiger partial charge in [-0.1, -0.05) is 31.7 Å². The fourth-order valence-electron chi connectivity index (χ4n) is 3.30. The summed E-state index contributed by atoms with van der Waals surface area (Å²) < 4.78 is 38.5. The zero-order valence-electron chi connectivity index (χ0n) is 17.0. The fraction of sp³-hybridized carbons (Fsp3) is 0.591. The topological polar surface area (TPSA) is 63.0 Å². The van der Waals surface area contributed by atoms with Gasteiger partial charge in [0.2, 0.25) is 0 Å². The lowest BCUT2D eigenvalue weighted by atomic mass is 10.1. The van der Waals surface area contributed by atoms with E-state index in [0.29, 0.717) is 5.52 Å². The zero-order chi connectivity index (χ0) is 21.0. The predicted octanol–water partition coefficient (Wildman–Crippen LogP) is 5.33. The molecule has 4 N–H and O–H groups in total. The first-order valence-electron chi connectivity index (χ1n) is 10.6. The Morgan fingerprint density at radius 1 is 0.828 bits per heavy atom. The van der Waals surface area contributed by atoms with Crippen molar-refractivity contribution >= 4 is 16.6 Å². The van der Waals surface area contributed by atoms with E-state index in [0.717, 1.165) is 68.6 Å². The Hall–Kier alpha value is -1.86. The first-order chi connectivity index (χ1) is 14.0. The van der Waals surface area contributed by atoms with Crippen LogP contribution in [0.25, 0.3) is 10.9 Å². The number of unbranched alkanes of at least 4 members (excludes halogenated alkanes) is 6. The molecule has 1 heterocycles. The van der Waals surface area contributed by atoms with E-state index in [1.54, 1.807) is 6.20 Å². The minimum Gasteiger partial charge on any atom is -0.384 e. The van der Waals surface area contributed by atoms with Crippen molar-refractivity contribution in [3.8, 4) is 0 Å². The maximum Gasteiger partial charge on any atom is 0.416 e. The molecular weight excluding hydrogens is 377 g/mol. The number of nitrogens with two attached hydrogens (primary N) is 1. The summed E-state index contributed by atoms with van der Waals surface area (Å²) in [5.41, 5.74) is 6.00. The van der Waals surface area contributed by atoms with E-state index in [1.807, 2.05) is 6.07 Å². The fourth-order valence-corrected chi connectivity index (χ4v) is 3.30. The van der Waals surface area contributed by atoms with Crippen molar-refractivity contribution in [2.24, 2.45) is 5.73 Å². The second-order valence-electron chi connectivity index (χ2n) is 7.38. The summed E-state index contributed by atoms with van der Waals surface area (Å²) in [5, 5.41) is 7.53. The number of pyridine rings is 1. The third-order valence-electron chi connectivity index (χ3n) is 4.97. The van der Waals surface area contributed by atoms with Gasteiger partial charge in [-0.15, -0.1) is 0 Å². The van der Waals surface area contributed by atoms with E-state index in [9.17, 15) is 13.2 Å². The highest BCUT2D eigenvalue weighted by Gasteiger charge is 2.30. The van der Waals surface area contributed by atoms with Crippen LogP contribution in [0.1, 0.15) is 56.9 Å². The minimum absolute atomic E-state index is 0.360. The van der Waals surface area contributed by atoms with Crippen LogP contribution in [-0.4, -0.2) is 31.2 Å². The molecule has 0 unspecified atom stereocenters. The number of nitrogens with one attached hydrogen (secondary N) is 2. The Labute approximate surface area is 171 Å². The molecule has 162 valence electrons. The van der Waals surface area contributed by atoms with Crippen molar-refractivity contribution in [3.05, 3.63) is 36.0 Å². The minimum atomic E-state index is -4.35. The molecule has 0 aliphatic carbocycles. The van der Waals surface area contributed by atoms with E-state index in [1.165, 1.54) is 38.2 Å². The number of hydrogen-bond acceptors (Lipinski definition) is 4. The molecule has 0 bridgehead atoms. The molecule has 0 amide bonds. The Kier molecular flexibility index (Phi) is 10.2. The van der Waals surface area contributed by atoms with Crippen molar-refractivity contribution in [1.29, 1.82) is 0 Å². The number of fused-ring (bicyclic) bond motifs is 1. The van der Waals surface area contributed by atoms with Crippen LogP contribution in [0, 0.1) is 0 Å². The van der Waals surface area contributed by atoms with Crippen LogP contribution in [-0.2, 0) is 6.18 Å². The third-order valence-corrected chi connectivity index (χ3v) is 4.97. The molecule has 1 aromatic heterocycles. The number of aromatic nitrogens is 1. The number of halogens is 3. The van der Waals surface area contributed by atoms with Gasteiger partial charge in [-0.2, -0.15) is 13.2 Å². The van der Waals surface area contributed by atoms with E-state index in [2.05, 4.69) is 15.6 Å². The lowest BCUT2D eigenvalue weighted by molar-refractivity contribution is -0.137. The van der Waals surface area contributed by atoms with E-state index in [-0.39, 0.29) is 0 Å². The summed E-state index contributed by atoms with van der Waals surface area (Å²) in [7, 11) is 0. The highest BCUT2D eigenvalue weighted by atomic mass is 19.4. The number of alkyl halides is 3. The van der Waals surface area contributed by atoms with Crippen molar-refractivity contribution in [1.82, 2.24) is 10.3 Å². The molecule has 0 atom stereocenters. The standard InChI is InChI=1S/C22H33F3N4/c23-22(24,25)18-9-10-19-20(11-16-29-21(19)17-18)28-15-8-4-3-7-14-27-13-6-2-1-5-12-26/h9-11,16-17,27H,1-8,12-15,26H2,(H,28,29). The van der Waals surface area contributed by atoms with Crippen LogP contribution in [0.4, 0.5) is 18.9 Å². The maximum absolute atomic E-state index is 12.8. The van der Waals surface area contributed by atoms with E-state index < -0.39 is 11.7 Å². The Bertz CT molecular complexity index is 719. The summed E-state index contributed by atoms with van der Waals surface area (Å²) in [4.78, 5) is 4.08. The second kappa shape index (κ2) is 12.6. The van der Waals surface area contributed by atoms with Crippen molar-refractivity contribution < 1.29 is 13.2 Å². The van der Waals surface area contributed by atoms with Crippen LogP contribution in [0.5, 0.6) is 0 Å². The van der Waals surface area contributed by atoms with Crippen LogP contribution < -0.4 is 16.4 Å². The molecule has 7 heteroatoms. The van der Waals surface area contributed by atoms with Crippen molar-refractivity contribution in [3.63, 3.8) is 0 Å². The summed E-state index contributed by atoms with van der Waals surface area (Å²) in [5.74, 6) is 0. The average Bonchev–Trinajstić information content (AvgIpc) is 2.70. The highest BCUT2D eigenvalue weighted by molar-refractivity contribution is 5.91. The second-order valence-corrected chi connectivity index (χ2v) is 7.38. The molecule has 1 aromatic carbocycles. The molecule has 0 aliphatic rings. The molecular formula is C22H33F3N4. The summed E-state index contributed by atoms with van der Waals surface area (Å²) >= 11 is 0. The number of benzene rings is 1. The Morgan fingerprint density at radius 2 is 1.48 bits per heavy atom. The van der Waals surface area contributed by atoms with Crippen LogP contribution in [0.15, 0.2) is 30.5 Å². The third kappa shape index (κ3) is 8.58. The van der Waals surface area contributed by atoms with Gasteiger partial charge in [0.05, 0.1) is 11.1 Å². The lowest BCUT2D eigenvalue weighted by Gasteiger charge is -2.11. The Morgan fingerprint density at radius 3 is 2.14 bits per heavy atom. The molecule has 0 aliphatic heterocycles. The average molecular weight is 411 g/mol. The Balaban J connectivity index is 1.60. The van der Waals surface area contributed by atoms with Crippen LogP contribution >= 0.6 is 0 Å². The number of rotatable bonds is 14. The van der Waals surface area contributed by atoms with Gasteiger partial charge in [0, 0.05) is 23.8 Å². The van der Waals surface area contributed by atoms with Gasteiger partial charge < -0.3 is 16.4 Å². The predicted molar refractivity (Wildman–Crippen MR) is 114 cm³/mol. The summed E-state index contributed by atoms with van der Waals surface area (Å²) in [6, 6.07) is 5.52. The van der Waals surface area contributed by atoms with Gasteiger partial charge >= 0.3 is 6.18 Å². The monoisotopic (exact) mass is 410 g/mol. The molecule has 29 heavy (non-hydrogen) atoms. The first kappa shape index (κ1) is 23.4. The normalized spacial score (nSPS) is 11.9. The van der Waals surface area contributed by atoms with Crippen molar-refractivity contribution in [2.75, 3.05) is 31.5 Å². The largest absolute Gasteiger partial charge is 0.416 e. The van der Waals surface area contributed by atoms with Gasteiger partial charge in [-0.3, -0.25) is 4.98 Å². The smallest absolute Gasteiger partial charge is 0.384 e. The summed E-state index contributed by atoms with van der Waals surface area (Å²) in [6.07, 6.45) is 6.51. The highest BCUT2D eigenvalue weighted by Crippen LogP contribution is 2.32. The van der Waals surface area contributed by atoms with Crippen LogP contribution in [0.3, 0.4) is 0 Å². The molecule has 2 aromatic rings. The van der Waals surface area contributed by atoms with E-state index >= 15 is 0 Å². The van der Waals surface area contributed by atoms with E-state index in [4.69, 9.17) is 5.73 Å². The zero-order valence-corrected chi connectivity index (χ0v) is 17.0. The molecule has 0 saturated carbocycles. The molecule has 4 nitrogen and oxygen atoms in total. The summed E-state index contributed by atoms with van der Waals surface area (Å²) in [6.45, 7) is 3.73. The number of hydrogen-bond donors (Lipinski definition) is 3. The quantitative estimate of drug-likeness (QED) is 0.368. The van der Waals surface area contributed by atoms with Gasteiger partial charge in [-0.25, -0.2) is 0 Å².